The average molecular weight is 241 g/mol. The summed E-state index contributed by atoms with van der Waals surface area (Å²) < 4.78 is 5.66. The largest absolute Gasteiger partial charge is 0.388 e. The highest BCUT2D eigenvalue weighted by atomic mass is 16.5. The van der Waals surface area contributed by atoms with Gasteiger partial charge in [0.05, 0.1) is 23.7 Å². The number of aliphatic hydroxyl groups is 1. The van der Waals surface area contributed by atoms with E-state index in [1.54, 1.807) is 0 Å². The minimum absolute atomic E-state index is 0.0228. The van der Waals surface area contributed by atoms with Crippen molar-refractivity contribution in [2.24, 2.45) is 11.8 Å². The SMILES string of the molecule is CC1OC(C)C(C(=O)NCC2(O)CCC2)C1C. The molecular weight excluding hydrogens is 218 g/mol. The summed E-state index contributed by atoms with van der Waals surface area (Å²) in [6.45, 7) is 6.39. The van der Waals surface area contributed by atoms with Crippen molar-refractivity contribution in [2.45, 2.75) is 57.8 Å². The van der Waals surface area contributed by atoms with Crippen LogP contribution < -0.4 is 5.32 Å². The second kappa shape index (κ2) is 4.58. The van der Waals surface area contributed by atoms with Gasteiger partial charge in [-0.25, -0.2) is 0 Å². The molecule has 2 N–H and O–H groups in total. The molecule has 4 heteroatoms. The molecule has 0 aromatic heterocycles. The predicted molar refractivity (Wildman–Crippen MR) is 64.5 cm³/mol. The topological polar surface area (TPSA) is 58.6 Å². The first-order chi connectivity index (χ1) is 7.93. The van der Waals surface area contributed by atoms with Gasteiger partial charge in [0.25, 0.3) is 0 Å². The highest BCUT2D eigenvalue weighted by molar-refractivity contribution is 5.80. The van der Waals surface area contributed by atoms with E-state index in [1.165, 1.54) is 0 Å². The van der Waals surface area contributed by atoms with E-state index in [0.717, 1.165) is 19.3 Å². The molecule has 2 aliphatic rings. The van der Waals surface area contributed by atoms with Gasteiger partial charge in [-0.3, -0.25) is 4.79 Å². The normalized spacial score (nSPS) is 39.8. The minimum atomic E-state index is -0.646. The van der Waals surface area contributed by atoms with Crippen molar-refractivity contribution in [1.29, 1.82) is 0 Å². The summed E-state index contributed by atoms with van der Waals surface area (Å²) >= 11 is 0. The molecule has 1 heterocycles. The van der Waals surface area contributed by atoms with E-state index < -0.39 is 5.60 Å². The van der Waals surface area contributed by atoms with Crippen LogP contribution in [0.5, 0.6) is 0 Å². The first-order valence-electron chi connectivity index (χ1n) is 6.58. The quantitative estimate of drug-likeness (QED) is 0.777. The molecule has 98 valence electrons. The lowest BCUT2D eigenvalue weighted by molar-refractivity contribution is -0.129. The molecule has 1 saturated heterocycles. The monoisotopic (exact) mass is 241 g/mol. The van der Waals surface area contributed by atoms with Crippen LogP contribution in [0.1, 0.15) is 40.0 Å². The molecule has 0 aromatic carbocycles. The Balaban J connectivity index is 1.87. The van der Waals surface area contributed by atoms with Crippen molar-refractivity contribution >= 4 is 5.91 Å². The summed E-state index contributed by atoms with van der Waals surface area (Å²) in [4.78, 5) is 12.1. The third-order valence-corrected chi connectivity index (χ3v) is 4.42. The maximum absolute atomic E-state index is 12.1. The molecule has 4 unspecified atom stereocenters. The summed E-state index contributed by atoms with van der Waals surface area (Å²) in [6.07, 6.45) is 2.76. The van der Waals surface area contributed by atoms with Gasteiger partial charge in [0.1, 0.15) is 0 Å². The van der Waals surface area contributed by atoms with Crippen LogP contribution in [-0.4, -0.2) is 35.4 Å². The van der Waals surface area contributed by atoms with Gasteiger partial charge in [-0.05, 0) is 39.0 Å². The van der Waals surface area contributed by atoms with Crippen LogP contribution in [0.15, 0.2) is 0 Å². The fraction of sp³-hybridized carbons (Fsp3) is 0.923. The number of hydrogen-bond acceptors (Lipinski definition) is 3. The predicted octanol–water partition coefficient (Wildman–Crippen LogP) is 1.08. The lowest BCUT2D eigenvalue weighted by Gasteiger charge is -2.37. The molecule has 4 atom stereocenters. The first kappa shape index (κ1) is 12.8. The van der Waals surface area contributed by atoms with Crippen LogP contribution in [-0.2, 0) is 9.53 Å². The Hall–Kier alpha value is -0.610. The van der Waals surface area contributed by atoms with Gasteiger partial charge < -0.3 is 15.2 Å². The van der Waals surface area contributed by atoms with Crippen LogP contribution in [0.4, 0.5) is 0 Å². The highest BCUT2D eigenvalue weighted by Crippen LogP contribution is 2.33. The Kier molecular flexibility index (Phi) is 3.46. The number of nitrogens with one attached hydrogen (secondary N) is 1. The maximum atomic E-state index is 12.1. The summed E-state index contributed by atoms with van der Waals surface area (Å²) in [5.41, 5.74) is -0.646. The zero-order valence-corrected chi connectivity index (χ0v) is 10.9. The molecule has 0 spiro atoms. The molecular formula is C13H23NO3. The van der Waals surface area contributed by atoms with Gasteiger partial charge in [-0.2, -0.15) is 0 Å². The highest BCUT2D eigenvalue weighted by Gasteiger charge is 2.42. The Morgan fingerprint density at radius 2 is 2.00 bits per heavy atom. The molecule has 17 heavy (non-hydrogen) atoms. The van der Waals surface area contributed by atoms with Gasteiger partial charge in [0, 0.05) is 6.54 Å². The first-order valence-corrected chi connectivity index (χ1v) is 6.58. The van der Waals surface area contributed by atoms with Crippen molar-refractivity contribution < 1.29 is 14.6 Å². The molecule has 1 aliphatic heterocycles. The van der Waals surface area contributed by atoms with Crippen LogP contribution in [0, 0.1) is 11.8 Å². The number of ether oxygens (including phenoxy) is 1. The van der Waals surface area contributed by atoms with E-state index in [9.17, 15) is 9.90 Å². The third kappa shape index (κ3) is 2.47. The minimum Gasteiger partial charge on any atom is -0.388 e. The maximum Gasteiger partial charge on any atom is 0.226 e. The van der Waals surface area contributed by atoms with E-state index in [0.29, 0.717) is 6.54 Å². The van der Waals surface area contributed by atoms with Crippen LogP contribution in [0.25, 0.3) is 0 Å². The Labute approximate surface area is 103 Å². The molecule has 2 rings (SSSR count). The van der Waals surface area contributed by atoms with Gasteiger partial charge in [0.15, 0.2) is 0 Å². The molecule has 0 bridgehead atoms. The molecule has 2 fully saturated rings. The van der Waals surface area contributed by atoms with Crippen LogP contribution in [0.2, 0.25) is 0 Å². The number of hydrogen-bond donors (Lipinski definition) is 2. The standard InChI is InChI=1S/C13H23NO3/c1-8-9(2)17-10(3)11(8)12(15)14-7-13(16)5-4-6-13/h8-11,16H,4-7H2,1-3H3,(H,14,15). The van der Waals surface area contributed by atoms with Gasteiger partial charge in [0.2, 0.25) is 5.91 Å². The number of amides is 1. The van der Waals surface area contributed by atoms with E-state index in [4.69, 9.17) is 4.74 Å². The van der Waals surface area contributed by atoms with E-state index in [2.05, 4.69) is 12.2 Å². The molecule has 0 radical (unpaired) electrons. The van der Waals surface area contributed by atoms with Crippen molar-refractivity contribution in [3.63, 3.8) is 0 Å². The molecule has 4 nitrogen and oxygen atoms in total. The van der Waals surface area contributed by atoms with Crippen molar-refractivity contribution in [2.75, 3.05) is 6.54 Å². The number of carbonyl (C=O) groups is 1. The Morgan fingerprint density at radius 3 is 2.41 bits per heavy atom. The summed E-state index contributed by atoms with van der Waals surface area (Å²) in [5.74, 6) is 0.171. The van der Waals surface area contributed by atoms with Gasteiger partial charge >= 0.3 is 0 Å². The second-order valence-electron chi connectivity index (χ2n) is 5.73. The number of rotatable bonds is 3. The van der Waals surface area contributed by atoms with E-state index in [-0.39, 0.29) is 30.0 Å². The fourth-order valence-electron chi connectivity index (χ4n) is 2.85. The summed E-state index contributed by atoms with van der Waals surface area (Å²) in [5, 5.41) is 12.8. The van der Waals surface area contributed by atoms with Crippen molar-refractivity contribution in [3.05, 3.63) is 0 Å². The van der Waals surface area contributed by atoms with Crippen LogP contribution in [0.3, 0.4) is 0 Å². The van der Waals surface area contributed by atoms with Crippen LogP contribution >= 0.6 is 0 Å². The lowest BCUT2D eigenvalue weighted by atomic mass is 9.80. The fourth-order valence-corrected chi connectivity index (χ4v) is 2.85. The van der Waals surface area contributed by atoms with Gasteiger partial charge in [-0.15, -0.1) is 0 Å². The lowest BCUT2D eigenvalue weighted by Crippen LogP contribution is -2.50. The molecule has 1 aliphatic carbocycles. The molecule has 1 saturated carbocycles. The zero-order valence-electron chi connectivity index (χ0n) is 10.9. The molecule has 0 aromatic rings. The van der Waals surface area contributed by atoms with Crippen molar-refractivity contribution in [3.8, 4) is 0 Å². The average Bonchev–Trinajstić information content (AvgIpc) is 2.47. The van der Waals surface area contributed by atoms with Crippen molar-refractivity contribution in [1.82, 2.24) is 5.32 Å². The third-order valence-electron chi connectivity index (χ3n) is 4.42. The van der Waals surface area contributed by atoms with Gasteiger partial charge in [-0.1, -0.05) is 6.92 Å². The summed E-state index contributed by atoms with van der Waals surface area (Å²) in [6, 6.07) is 0. The Bertz CT molecular complexity index is 301. The van der Waals surface area contributed by atoms with E-state index >= 15 is 0 Å². The zero-order chi connectivity index (χ0) is 12.6. The molecule has 1 amide bonds. The second-order valence-corrected chi connectivity index (χ2v) is 5.73. The smallest absolute Gasteiger partial charge is 0.226 e. The Morgan fingerprint density at radius 1 is 1.35 bits per heavy atom. The summed E-state index contributed by atoms with van der Waals surface area (Å²) in [7, 11) is 0. The van der Waals surface area contributed by atoms with E-state index in [1.807, 2.05) is 13.8 Å². The number of carbonyl (C=O) groups excluding carboxylic acids is 1.